The van der Waals surface area contributed by atoms with Crippen molar-refractivity contribution in [2.45, 2.75) is 32.9 Å². The Hall–Kier alpha value is -1.99. The van der Waals surface area contributed by atoms with E-state index < -0.39 is 0 Å². The fourth-order valence-corrected chi connectivity index (χ4v) is 2.22. The number of anilines is 1. The van der Waals surface area contributed by atoms with Crippen molar-refractivity contribution in [1.82, 2.24) is 19.7 Å². The molecule has 3 heterocycles. The zero-order chi connectivity index (χ0) is 14.1. The normalized spacial score (nSPS) is 14.4. The van der Waals surface area contributed by atoms with Crippen LogP contribution in [0.3, 0.4) is 0 Å². The quantitative estimate of drug-likeness (QED) is 0.647. The van der Waals surface area contributed by atoms with Gasteiger partial charge in [0.05, 0.1) is 30.7 Å². The van der Waals surface area contributed by atoms with Gasteiger partial charge in [-0.2, -0.15) is 5.10 Å². The molecule has 0 saturated heterocycles. The molecule has 2 aromatic rings. The van der Waals surface area contributed by atoms with E-state index in [0.29, 0.717) is 30.9 Å². The summed E-state index contributed by atoms with van der Waals surface area (Å²) in [4.78, 5) is 9.09. The smallest absolute Gasteiger partial charge is 0.165 e. The highest BCUT2D eigenvalue weighted by Crippen LogP contribution is 2.25. The zero-order valence-corrected chi connectivity index (χ0v) is 11.6. The zero-order valence-electron chi connectivity index (χ0n) is 11.6. The summed E-state index contributed by atoms with van der Waals surface area (Å²) in [5.41, 5.74) is 5.46. The molecule has 0 spiro atoms. The average Bonchev–Trinajstić information content (AvgIpc) is 2.96. The van der Waals surface area contributed by atoms with Crippen molar-refractivity contribution in [2.24, 2.45) is 5.84 Å². The van der Waals surface area contributed by atoms with Crippen LogP contribution in [0.25, 0.3) is 11.4 Å². The number of hydrogen-bond donors (Lipinski definition) is 2. The van der Waals surface area contributed by atoms with Gasteiger partial charge in [-0.1, -0.05) is 0 Å². The van der Waals surface area contributed by atoms with Gasteiger partial charge in [0.1, 0.15) is 5.82 Å². The summed E-state index contributed by atoms with van der Waals surface area (Å²) in [6.45, 7) is 5.34. The molecule has 0 radical (unpaired) electrons. The van der Waals surface area contributed by atoms with Crippen LogP contribution in [0.2, 0.25) is 0 Å². The van der Waals surface area contributed by atoms with E-state index in [2.05, 4.69) is 34.3 Å². The van der Waals surface area contributed by atoms with Crippen molar-refractivity contribution in [3.05, 3.63) is 23.7 Å². The first-order valence-electron chi connectivity index (χ1n) is 6.67. The van der Waals surface area contributed by atoms with Gasteiger partial charge >= 0.3 is 0 Å². The molecule has 0 saturated carbocycles. The highest BCUT2D eigenvalue weighted by atomic mass is 16.5. The molecule has 2 aromatic heterocycles. The number of nitrogens with two attached hydrogens (primary N) is 1. The van der Waals surface area contributed by atoms with Crippen LogP contribution in [0.5, 0.6) is 0 Å². The maximum Gasteiger partial charge on any atom is 0.165 e. The number of nitrogen functional groups attached to an aromatic ring is 1. The number of rotatable bonds is 3. The number of aromatic nitrogens is 4. The Bertz CT molecular complexity index is 604. The van der Waals surface area contributed by atoms with E-state index in [4.69, 9.17) is 10.6 Å². The van der Waals surface area contributed by atoms with Crippen LogP contribution in [0.15, 0.2) is 12.4 Å². The van der Waals surface area contributed by atoms with Crippen LogP contribution in [0.1, 0.15) is 31.1 Å². The molecule has 0 aliphatic carbocycles. The summed E-state index contributed by atoms with van der Waals surface area (Å²) < 4.78 is 7.31. The third-order valence-corrected chi connectivity index (χ3v) is 3.35. The number of hydrogen-bond acceptors (Lipinski definition) is 6. The lowest BCUT2D eigenvalue weighted by atomic mass is 10.1. The summed E-state index contributed by atoms with van der Waals surface area (Å²) in [6.07, 6.45) is 4.51. The lowest BCUT2D eigenvalue weighted by Crippen LogP contribution is -2.19. The Morgan fingerprint density at radius 3 is 2.95 bits per heavy atom. The molecule has 20 heavy (non-hydrogen) atoms. The molecule has 1 aliphatic rings. The maximum atomic E-state index is 5.56. The number of fused-ring (bicyclic) bond motifs is 1. The lowest BCUT2D eigenvalue weighted by molar-refractivity contribution is 0.109. The topological polar surface area (TPSA) is 90.9 Å². The Kier molecular flexibility index (Phi) is 3.37. The summed E-state index contributed by atoms with van der Waals surface area (Å²) in [5, 5.41) is 4.32. The van der Waals surface area contributed by atoms with Gasteiger partial charge in [-0.3, -0.25) is 4.68 Å². The molecule has 106 valence electrons. The van der Waals surface area contributed by atoms with Crippen molar-refractivity contribution < 1.29 is 4.74 Å². The molecule has 0 unspecified atom stereocenters. The van der Waals surface area contributed by atoms with Crippen molar-refractivity contribution in [3.8, 4) is 11.4 Å². The molecule has 0 fully saturated rings. The molecular formula is C13H18N6O. The minimum atomic E-state index is 0.307. The van der Waals surface area contributed by atoms with E-state index >= 15 is 0 Å². The average molecular weight is 274 g/mol. The molecule has 1 aliphatic heterocycles. The van der Waals surface area contributed by atoms with Crippen LogP contribution in [-0.4, -0.2) is 26.4 Å². The summed E-state index contributed by atoms with van der Waals surface area (Å²) >= 11 is 0. The second-order valence-corrected chi connectivity index (χ2v) is 5.07. The molecule has 0 bridgehead atoms. The minimum absolute atomic E-state index is 0.307. The fourth-order valence-electron chi connectivity index (χ4n) is 2.22. The fraction of sp³-hybridized carbons (Fsp3) is 0.462. The molecule has 0 atom stereocenters. The van der Waals surface area contributed by atoms with E-state index in [1.807, 2.05) is 10.9 Å². The first kappa shape index (κ1) is 13.0. The van der Waals surface area contributed by atoms with Gasteiger partial charge in [-0.25, -0.2) is 15.8 Å². The molecular weight excluding hydrogens is 256 g/mol. The summed E-state index contributed by atoms with van der Waals surface area (Å²) in [5.74, 6) is 6.83. The van der Waals surface area contributed by atoms with E-state index in [9.17, 15) is 0 Å². The molecule has 7 nitrogen and oxygen atoms in total. The van der Waals surface area contributed by atoms with E-state index in [1.54, 1.807) is 6.20 Å². The van der Waals surface area contributed by atoms with Crippen molar-refractivity contribution in [3.63, 3.8) is 0 Å². The second-order valence-electron chi connectivity index (χ2n) is 5.07. The first-order chi connectivity index (χ1) is 9.69. The number of ether oxygens (including phenoxy) is 1. The Morgan fingerprint density at radius 1 is 1.40 bits per heavy atom. The second kappa shape index (κ2) is 5.18. The van der Waals surface area contributed by atoms with Gasteiger partial charge in [0.25, 0.3) is 0 Å². The highest BCUT2D eigenvalue weighted by molar-refractivity contribution is 5.58. The Labute approximate surface area is 117 Å². The summed E-state index contributed by atoms with van der Waals surface area (Å²) in [7, 11) is 0. The maximum absolute atomic E-state index is 5.56. The number of hydrazine groups is 1. The van der Waals surface area contributed by atoms with Crippen molar-refractivity contribution >= 4 is 5.82 Å². The van der Waals surface area contributed by atoms with Crippen LogP contribution in [-0.2, 0) is 17.8 Å². The van der Waals surface area contributed by atoms with Crippen LogP contribution >= 0.6 is 0 Å². The SMILES string of the molecule is CC(C)n1cc(-c2nc3c(c(NN)n2)COCC3)cn1. The summed E-state index contributed by atoms with van der Waals surface area (Å²) in [6, 6.07) is 0.307. The van der Waals surface area contributed by atoms with E-state index in [-0.39, 0.29) is 0 Å². The van der Waals surface area contributed by atoms with Crippen molar-refractivity contribution in [2.75, 3.05) is 12.0 Å². The third-order valence-electron chi connectivity index (χ3n) is 3.35. The predicted octanol–water partition coefficient (Wildman–Crippen LogP) is 1.28. The van der Waals surface area contributed by atoms with Gasteiger partial charge in [0, 0.05) is 24.2 Å². The molecule has 7 heteroatoms. The van der Waals surface area contributed by atoms with E-state index in [1.165, 1.54) is 0 Å². The van der Waals surface area contributed by atoms with Gasteiger partial charge in [0.2, 0.25) is 0 Å². The van der Waals surface area contributed by atoms with Crippen molar-refractivity contribution in [1.29, 1.82) is 0 Å². The highest BCUT2D eigenvalue weighted by Gasteiger charge is 2.19. The van der Waals surface area contributed by atoms with Crippen LogP contribution < -0.4 is 11.3 Å². The van der Waals surface area contributed by atoms with Gasteiger partial charge in [-0.15, -0.1) is 0 Å². The number of nitrogens with one attached hydrogen (secondary N) is 1. The van der Waals surface area contributed by atoms with Gasteiger partial charge in [0.15, 0.2) is 5.82 Å². The largest absolute Gasteiger partial charge is 0.376 e. The van der Waals surface area contributed by atoms with Crippen LogP contribution in [0.4, 0.5) is 5.82 Å². The Morgan fingerprint density at radius 2 is 2.25 bits per heavy atom. The third kappa shape index (κ3) is 2.25. The predicted molar refractivity (Wildman–Crippen MR) is 74.8 cm³/mol. The van der Waals surface area contributed by atoms with Crippen LogP contribution in [0, 0.1) is 0 Å². The molecule has 3 rings (SSSR count). The van der Waals surface area contributed by atoms with E-state index in [0.717, 1.165) is 23.2 Å². The minimum Gasteiger partial charge on any atom is -0.376 e. The standard InChI is InChI=1S/C13H18N6O/c1-8(2)19-6-9(5-15-19)12-16-11-3-4-20-7-10(11)13(17-12)18-14/h5-6,8H,3-4,7,14H2,1-2H3,(H,16,17,18). The lowest BCUT2D eigenvalue weighted by Gasteiger charge is -2.18. The monoisotopic (exact) mass is 274 g/mol. The number of nitrogens with zero attached hydrogens (tertiary/aromatic N) is 4. The van der Waals surface area contributed by atoms with Gasteiger partial charge in [-0.05, 0) is 13.8 Å². The Balaban J connectivity index is 2.04. The molecule has 0 amide bonds. The van der Waals surface area contributed by atoms with Gasteiger partial charge < -0.3 is 10.2 Å². The molecule has 0 aromatic carbocycles. The molecule has 3 N–H and O–H groups in total. The first-order valence-corrected chi connectivity index (χ1v) is 6.67.